The minimum absolute atomic E-state index is 0.260. The van der Waals surface area contributed by atoms with Crippen LogP contribution in [0.1, 0.15) is 64.2 Å². The smallest absolute Gasteiger partial charge is 0.220 e. The van der Waals surface area contributed by atoms with Gasteiger partial charge in [-0.3, -0.25) is 4.79 Å². The second kappa shape index (κ2) is 6.39. The van der Waals surface area contributed by atoms with Crippen LogP contribution in [0.3, 0.4) is 0 Å². The maximum absolute atomic E-state index is 11.8. The minimum Gasteiger partial charge on any atom is -0.353 e. The normalized spacial score (nSPS) is 30.4. The molecule has 0 bridgehead atoms. The molecule has 2 saturated carbocycles. The van der Waals surface area contributed by atoms with E-state index in [0.717, 1.165) is 12.8 Å². The predicted molar refractivity (Wildman–Crippen MR) is 69.6 cm³/mol. The number of carbonyl (C=O) groups excluding carboxylic acids is 1. The van der Waals surface area contributed by atoms with Crippen molar-refractivity contribution in [3.8, 4) is 0 Å². The standard InChI is InChI=1S/C14H26N2O/c15-12-5-3-4-11(10-12)8-9-14(17)16-13-6-1-2-7-13/h11-13H,1-10,15H2,(H,16,17). The Balaban J connectivity index is 1.61. The lowest BCUT2D eigenvalue weighted by Crippen LogP contribution is -2.33. The van der Waals surface area contributed by atoms with Crippen molar-refractivity contribution in [2.75, 3.05) is 0 Å². The Bertz CT molecular complexity index is 249. The number of nitrogens with one attached hydrogen (secondary N) is 1. The van der Waals surface area contributed by atoms with Gasteiger partial charge in [0.15, 0.2) is 0 Å². The first-order valence-electron chi connectivity index (χ1n) is 7.29. The van der Waals surface area contributed by atoms with E-state index in [2.05, 4.69) is 5.32 Å². The summed E-state index contributed by atoms with van der Waals surface area (Å²) in [5.41, 5.74) is 5.96. The van der Waals surface area contributed by atoms with Crippen molar-refractivity contribution in [1.82, 2.24) is 5.32 Å². The Morgan fingerprint density at radius 3 is 2.59 bits per heavy atom. The number of hydrogen-bond donors (Lipinski definition) is 2. The van der Waals surface area contributed by atoms with Crippen LogP contribution in [0.25, 0.3) is 0 Å². The second-order valence-electron chi connectivity index (χ2n) is 5.88. The molecule has 2 fully saturated rings. The molecule has 0 spiro atoms. The van der Waals surface area contributed by atoms with Crippen LogP contribution >= 0.6 is 0 Å². The molecule has 17 heavy (non-hydrogen) atoms. The number of amides is 1. The van der Waals surface area contributed by atoms with Crippen LogP contribution in [-0.2, 0) is 4.79 Å². The third-order valence-corrected chi connectivity index (χ3v) is 4.32. The second-order valence-corrected chi connectivity index (χ2v) is 5.88. The summed E-state index contributed by atoms with van der Waals surface area (Å²) < 4.78 is 0. The Kier molecular flexibility index (Phi) is 4.84. The number of carbonyl (C=O) groups is 1. The van der Waals surface area contributed by atoms with Crippen LogP contribution in [0.2, 0.25) is 0 Å². The highest BCUT2D eigenvalue weighted by Gasteiger charge is 2.21. The molecule has 0 aliphatic heterocycles. The van der Waals surface area contributed by atoms with E-state index in [1.165, 1.54) is 44.9 Å². The van der Waals surface area contributed by atoms with Crippen LogP contribution in [-0.4, -0.2) is 18.0 Å². The van der Waals surface area contributed by atoms with Gasteiger partial charge in [0.1, 0.15) is 0 Å². The lowest BCUT2D eigenvalue weighted by molar-refractivity contribution is -0.122. The van der Waals surface area contributed by atoms with Crippen molar-refractivity contribution in [1.29, 1.82) is 0 Å². The third-order valence-electron chi connectivity index (χ3n) is 4.32. The van der Waals surface area contributed by atoms with E-state index in [4.69, 9.17) is 5.73 Å². The topological polar surface area (TPSA) is 55.1 Å². The van der Waals surface area contributed by atoms with Gasteiger partial charge < -0.3 is 11.1 Å². The fourth-order valence-electron chi connectivity index (χ4n) is 3.30. The molecule has 3 N–H and O–H groups in total. The summed E-state index contributed by atoms with van der Waals surface area (Å²) in [7, 11) is 0. The zero-order valence-electron chi connectivity index (χ0n) is 10.8. The van der Waals surface area contributed by atoms with Crippen molar-refractivity contribution < 1.29 is 4.79 Å². The molecule has 2 rings (SSSR count). The number of rotatable bonds is 4. The summed E-state index contributed by atoms with van der Waals surface area (Å²) in [5, 5.41) is 3.16. The molecule has 2 unspecified atom stereocenters. The summed E-state index contributed by atoms with van der Waals surface area (Å²) in [5.74, 6) is 0.948. The molecule has 2 atom stereocenters. The molecule has 3 nitrogen and oxygen atoms in total. The molecule has 98 valence electrons. The first-order valence-corrected chi connectivity index (χ1v) is 7.29. The first-order chi connectivity index (χ1) is 8.24. The van der Waals surface area contributed by atoms with Crippen molar-refractivity contribution in [2.24, 2.45) is 11.7 Å². The van der Waals surface area contributed by atoms with Crippen molar-refractivity contribution in [3.63, 3.8) is 0 Å². The van der Waals surface area contributed by atoms with E-state index in [1.807, 2.05) is 0 Å². The fraction of sp³-hybridized carbons (Fsp3) is 0.929. The summed E-state index contributed by atoms with van der Waals surface area (Å²) in [6.07, 6.45) is 11.5. The molecular weight excluding hydrogens is 212 g/mol. The van der Waals surface area contributed by atoms with Crippen LogP contribution < -0.4 is 11.1 Å². The highest BCUT2D eigenvalue weighted by atomic mass is 16.1. The SMILES string of the molecule is NC1CCCC(CCC(=O)NC2CCCC2)C1. The average Bonchev–Trinajstić information content (AvgIpc) is 2.79. The molecule has 2 aliphatic rings. The Morgan fingerprint density at radius 2 is 1.88 bits per heavy atom. The predicted octanol–water partition coefficient (Wildman–Crippen LogP) is 2.34. The van der Waals surface area contributed by atoms with Crippen molar-refractivity contribution >= 4 is 5.91 Å². The molecular formula is C14H26N2O. The zero-order chi connectivity index (χ0) is 12.1. The van der Waals surface area contributed by atoms with E-state index in [1.54, 1.807) is 0 Å². The summed E-state index contributed by atoms with van der Waals surface area (Å²) in [4.78, 5) is 11.8. The molecule has 0 aromatic rings. The van der Waals surface area contributed by atoms with E-state index in [9.17, 15) is 4.79 Å². The Hall–Kier alpha value is -0.570. The van der Waals surface area contributed by atoms with Crippen LogP contribution in [0.15, 0.2) is 0 Å². The third kappa shape index (κ3) is 4.30. The quantitative estimate of drug-likeness (QED) is 0.790. The van der Waals surface area contributed by atoms with Gasteiger partial charge >= 0.3 is 0 Å². The van der Waals surface area contributed by atoms with Crippen LogP contribution in [0, 0.1) is 5.92 Å². The first kappa shape index (κ1) is 12.9. The van der Waals surface area contributed by atoms with Gasteiger partial charge in [-0.1, -0.05) is 25.7 Å². The monoisotopic (exact) mass is 238 g/mol. The van der Waals surface area contributed by atoms with Gasteiger partial charge in [0, 0.05) is 18.5 Å². The molecule has 0 aromatic heterocycles. The van der Waals surface area contributed by atoms with Gasteiger partial charge in [0.05, 0.1) is 0 Å². The van der Waals surface area contributed by atoms with Crippen LogP contribution in [0.5, 0.6) is 0 Å². The molecule has 2 aliphatic carbocycles. The van der Waals surface area contributed by atoms with Gasteiger partial charge in [-0.05, 0) is 38.0 Å². The lowest BCUT2D eigenvalue weighted by atomic mass is 9.83. The van der Waals surface area contributed by atoms with Gasteiger partial charge in [-0.2, -0.15) is 0 Å². The Labute approximate surface area is 105 Å². The van der Waals surface area contributed by atoms with Crippen molar-refractivity contribution in [2.45, 2.75) is 76.3 Å². The van der Waals surface area contributed by atoms with E-state index in [-0.39, 0.29) is 5.91 Å². The summed E-state index contributed by atoms with van der Waals surface area (Å²) in [6.45, 7) is 0. The lowest BCUT2D eigenvalue weighted by Gasteiger charge is -2.26. The van der Waals surface area contributed by atoms with E-state index < -0.39 is 0 Å². The van der Waals surface area contributed by atoms with Gasteiger partial charge in [-0.25, -0.2) is 0 Å². The number of nitrogens with two attached hydrogens (primary N) is 1. The molecule has 3 heteroatoms. The average molecular weight is 238 g/mol. The molecule has 0 radical (unpaired) electrons. The maximum Gasteiger partial charge on any atom is 0.220 e. The fourth-order valence-corrected chi connectivity index (χ4v) is 3.30. The Morgan fingerprint density at radius 1 is 1.12 bits per heavy atom. The van der Waals surface area contributed by atoms with Gasteiger partial charge in [0.2, 0.25) is 5.91 Å². The van der Waals surface area contributed by atoms with Gasteiger partial charge in [0.25, 0.3) is 0 Å². The zero-order valence-corrected chi connectivity index (χ0v) is 10.8. The maximum atomic E-state index is 11.8. The highest BCUT2D eigenvalue weighted by molar-refractivity contribution is 5.76. The van der Waals surface area contributed by atoms with Crippen LogP contribution in [0.4, 0.5) is 0 Å². The summed E-state index contributed by atoms with van der Waals surface area (Å²) >= 11 is 0. The van der Waals surface area contributed by atoms with E-state index in [0.29, 0.717) is 24.4 Å². The summed E-state index contributed by atoms with van der Waals surface area (Å²) in [6, 6.07) is 0.850. The van der Waals surface area contributed by atoms with Crippen molar-refractivity contribution in [3.05, 3.63) is 0 Å². The molecule has 0 heterocycles. The highest BCUT2D eigenvalue weighted by Crippen LogP contribution is 2.27. The largest absolute Gasteiger partial charge is 0.353 e. The van der Waals surface area contributed by atoms with Gasteiger partial charge in [-0.15, -0.1) is 0 Å². The number of hydrogen-bond acceptors (Lipinski definition) is 2. The van der Waals surface area contributed by atoms with E-state index >= 15 is 0 Å². The molecule has 0 saturated heterocycles. The molecule has 0 aromatic carbocycles. The minimum atomic E-state index is 0.260. The molecule has 1 amide bonds.